The molecule has 1 amide bonds. The lowest BCUT2D eigenvalue weighted by Crippen LogP contribution is -2.28. The largest absolute Gasteiger partial charge is 0.322 e. The minimum atomic E-state index is -0.140. The summed E-state index contributed by atoms with van der Waals surface area (Å²) in [7, 11) is 5.16. The molecule has 6 heteroatoms. The first kappa shape index (κ1) is 12.9. The van der Waals surface area contributed by atoms with Gasteiger partial charge in [0.05, 0.1) is 24.3 Å². The maximum atomic E-state index is 12.4. The highest BCUT2D eigenvalue weighted by molar-refractivity contribution is 6.04. The Morgan fingerprint density at radius 2 is 2.26 bits per heavy atom. The molecule has 0 aliphatic heterocycles. The highest BCUT2D eigenvalue weighted by Gasteiger charge is 2.18. The monoisotopic (exact) mass is 257 g/mol. The number of hydrogen-bond acceptors (Lipinski definition) is 4. The van der Waals surface area contributed by atoms with Crippen LogP contribution in [-0.2, 0) is 7.05 Å². The van der Waals surface area contributed by atoms with Crippen LogP contribution in [0.1, 0.15) is 16.3 Å². The molecular weight excluding hydrogens is 242 g/mol. The Bertz CT molecular complexity index is 603. The van der Waals surface area contributed by atoms with Crippen LogP contribution < -0.4 is 4.90 Å². The third kappa shape index (κ3) is 2.52. The molecule has 0 radical (unpaired) electrons. The van der Waals surface area contributed by atoms with Crippen LogP contribution in [0.25, 0.3) is 0 Å². The molecule has 6 nitrogen and oxygen atoms in total. The fraction of sp³-hybridized carbons (Fsp3) is 0.231. The van der Waals surface area contributed by atoms with Crippen LogP contribution in [0, 0.1) is 0 Å². The predicted octanol–water partition coefficient (Wildman–Crippen LogP) is 1.14. The first-order chi connectivity index (χ1) is 9.15. The second-order valence-electron chi connectivity index (χ2n) is 4.02. The van der Waals surface area contributed by atoms with E-state index in [4.69, 9.17) is 0 Å². The Balaban J connectivity index is 2.30. The van der Waals surface area contributed by atoms with Crippen LogP contribution >= 0.6 is 0 Å². The Kier molecular flexibility index (Phi) is 3.70. The maximum absolute atomic E-state index is 12.4. The van der Waals surface area contributed by atoms with Gasteiger partial charge in [-0.25, -0.2) is 4.98 Å². The van der Waals surface area contributed by atoms with Gasteiger partial charge in [-0.1, -0.05) is 0 Å². The van der Waals surface area contributed by atoms with Crippen LogP contribution in [-0.4, -0.2) is 40.8 Å². The van der Waals surface area contributed by atoms with Gasteiger partial charge in [0.25, 0.3) is 5.91 Å². The zero-order chi connectivity index (χ0) is 13.8. The molecule has 0 aliphatic carbocycles. The van der Waals surface area contributed by atoms with Crippen molar-refractivity contribution in [2.45, 2.75) is 0 Å². The van der Waals surface area contributed by atoms with Gasteiger partial charge in [0.2, 0.25) is 0 Å². The molecule has 0 saturated carbocycles. The quantitative estimate of drug-likeness (QED) is 0.775. The lowest BCUT2D eigenvalue weighted by atomic mass is 10.3. The van der Waals surface area contributed by atoms with Gasteiger partial charge < -0.3 is 9.47 Å². The summed E-state index contributed by atoms with van der Waals surface area (Å²) in [6, 6.07) is 3.62. The fourth-order valence-corrected chi connectivity index (χ4v) is 1.70. The number of amides is 1. The average Bonchev–Trinajstić information content (AvgIpc) is 2.80. The van der Waals surface area contributed by atoms with E-state index in [1.54, 1.807) is 56.6 Å². The van der Waals surface area contributed by atoms with Crippen molar-refractivity contribution in [1.82, 2.24) is 14.5 Å². The van der Waals surface area contributed by atoms with E-state index in [2.05, 4.69) is 15.0 Å². The molecule has 2 heterocycles. The Labute approximate surface area is 111 Å². The summed E-state index contributed by atoms with van der Waals surface area (Å²) < 4.78 is 1.71. The zero-order valence-corrected chi connectivity index (χ0v) is 11.1. The molecule has 0 aromatic carbocycles. The van der Waals surface area contributed by atoms with Crippen molar-refractivity contribution < 1.29 is 4.79 Å². The Hall–Kier alpha value is -2.50. The second-order valence-corrected chi connectivity index (χ2v) is 4.02. The first-order valence-electron chi connectivity index (χ1n) is 5.77. The fourth-order valence-electron chi connectivity index (χ4n) is 1.70. The van der Waals surface area contributed by atoms with E-state index >= 15 is 0 Å². The molecule has 0 spiro atoms. The number of nitrogens with zero attached hydrogens (tertiary/aromatic N) is 5. The topological polar surface area (TPSA) is 63.4 Å². The molecule has 2 aromatic rings. The smallest absolute Gasteiger partial charge is 0.276 e. The summed E-state index contributed by atoms with van der Waals surface area (Å²) in [5.74, 6) is 0.504. The number of hydrogen-bond donors (Lipinski definition) is 0. The van der Waals surface area contributed by atoms with Gasteiger partial charge in [-0.3, -0.25) is 14.8 Å². The maximum Gasteiger partial charge on any atom is 0.276 e. The number of aliphatic imine (C=N–C) groups is 1. The first-order valence-corrected chi connectivity index (χ1v) is 5.77. The van der Waals surface area contributed by atoms with Crippen LogP contribution in [0.4, 0.5) is 5.69 Å². The summed E-state index contributed by atoms with van der Waals surface area (Å²) in [5, 5.41) is 0. The highest BCUT2D eigenvalue weighted by Crippen LogP contribution is 2.13. The average molecular weight is 257 g/mol. The van der Waals surface area contributed by atoms with E-state index in [-0.39, 0.29) is 5.91 Å². The highest BCUT2D eigenvalue weighted by atomic mass is 16.2. The standard InChI is InChI=1S/C13H15N5O/c1-14-9-12-16-8-11(18(12)3)13(19)17(2)10-5-4-6-15-7-10/h4-9H,1-3H3. The lowest BCUT2D eigenvalue weighted by molar-refractivity contribution is 0.0985. The van der Waals surface area contributed by atoms with Crippen LogP contribution in [0.2, 0.25) is 0 Å². The molecule has 0 unspecified atom stereocenters. The SMILES string of the molecule is CN=Cc1ncc(C(=O)N(C)c2cccnc2)n1C. The van der Waals surface area contributed by atoms with Crippen molar-refractivity contribution in [2.75, 3.05) is 19.0 Å². The number of carbonyl (C=O) groups is 1. The number of carbonyl (C=O) groups excluding carboxylic acids is 1. The van der Waals surface area contributed by atoms with Crippen molar-refractivity contribution in [3.63, 3.8) is 0 Å². The summed E-state index contributed by atoms with van der Waals surface area (Å²) in [6.07, 6.45) is 6.47. The van der Waals surface area contributed by atoms with Crippen molar-refractivity contribution in [2.24, 2.45) is 12.0 Å². The summed E-state index contributed by atoms with van der Waals surface area (Å²) in [4.78, 5) is 26.0. The van der Waals surface area contributed by atoms with Crippen LogP contribution in [0.15, 0.2) is 35.7 Å². The van der Waals surface area contributed by atoms with Gasteiger partial charge in [0.15, 0.2) is 5.82 Å². The third-order valence-electron chi connectivity index (χ3n) is 2.83. The molecule has 0 fully saturated rings. The number of imidazole rings is 1. The number of aromatic nitrogens is 3. The van der Waals surface area contributed by atoms with E-state index < -0.39 is 0 Å². The second kappa shape index (κ2) is 5.43. The number of pyridine rings is 1. The molecule has 2 aromatic heterocycles. The minimum Gasteiger partial charge on any atom is -0.322 e. The molecule has 0 N–H and O–H groups in total. The normalized spacial score (nSPS) is 10.9. The van der Waals surface area contributed by atoms with Gasteiger partial charge in [0, 0.05) is 27.3 Å². The summed E-state index contributed by atoms with van der Waals surface area (Å²) in [5.41, 5.74) is 1.24. The van der Waals surface area contributed by atoms with E-state index in [9.17, 15) is 4.79 Å². The minimum absolute atomic E-state index is 0.140. The van der Waals surface area contributed by atoms with Gasteiger partial charge in [-0.05, 0) is 12.1 Å². The van der Waals surface area contributed by atoms with E-state index in [0.717, 1.165) is 5.69 Å². The van der Waals surface area contributed by atoms with Crippen molar-refractivity contribution in [1.29, 1.82) is 0 Å². The molecule has 0 saturated heterocycles. The molecule has 2 rings (SSSR count). The number of anilines is 1. The van der Waals surface area contributed by atoms with Gasteiger partial charge >= 0.3 is 0 Å². The number of rotatable bonds is 3. The predicted molar refractivity (Wildman–Crippen MR) is 73.7 cm³/mol. The molecule has 19 heavy (non-hydrogen) atoms. The van der Waals surface area contributed by atoms with Crippen molar-refractivity contribution in [3.8, 4) is 0 Å². The Morgan fingerprint density at radius 3 is 2.89 bits per heavy atom. The summed E-state index contributed by atoms with van der Waals surface area (Å²) >= 11 is 0. The summed E-state index contributed by atoms with van der Waals surface area (Å²) in [6.45, 7) is 0. The lowest BCUT2D eigenvalue weighted by Gasteiger charge is -2.16. The van der Waals surface area contributed by atoms with Crippen molar-refractivity contribution in [3.05, 3.63) is 42.2 Å². The van der Waals surface area contributed by atoms with E-state index in [1.807, 2.05) is 6.07 Å². The van der Waals surface area contributed by atoms with Crippen molar-refractivity contribution >= 4 is 17.8 Å². The zero-order valence-electron chi connectivity index (χ0n) is 11.1. The third-order valence-corrected chi connectivity index (χ3v) is 2.83. The van der Waals surface area contributed by atoms with Gasteiger partial charge in [-0.2, -0.15) is 0 Å². The molecule has 0 bridgehead atoms. The van der Waals surface area contributed by atoms with Crippen LogP contribution in [0.5, 0.6) is 0 Å². The van der Waals surface area contributed by atoms with Gasteiger partial charge in [-0.15, -0.1) is 0 Å². The van der Waals surface area contributed by atoms with E-state index in [1.165, 1.54) is 4.90 Å². The van der Waals surface area contributed by atoms with E-state index in [0.29, 0.717) is 11.5 Å². The van der Waals surface area contributed by atoms with Crippen LogP contribution in [0.3, 0.4) is 0 Å². The molecule has 0 atom stereocenters. The molecule has 98 valence electrons. The molecule has 0 aliphatic rings. The Morgan fingerprint density at radius 1 is 1.47 bits per heavy atom. The van der Waals surface area contributed by atoms with Gasteiger partial charge in [0.1, 0.15) is 5.69 Å². The molecular formula is C13H15N5O.